The van der Waals surface area contributed by atoms with Gasteiger partial charge in [-0.3, -0.25) is 0 Å². The van der Waals surface area contributed by atoms with Crippen LogP contribution in [-0.2, 0) is 6.18 Å². The van der Waals surface area contributed by atoms with E-state index in [-0.39, 0.29) is 4.47 Å². The van der Waals surface area contributed by atoms with Gasteiger partial charge in [-0.2, -0.15) is 13.2 Å². The molecule has 0 spiro atoms. The fourth-order valence-electron chi connectivity index (χ4n) is 1.32. The van der Waals surface area contributed by atoms with Crippen LogP contribution in [-0.4, -0.2) is 0 Å². The van der Waals surface area contributed by atoms with Crippen LogP contribution in [0, 0.1) is 11.8 Å². The van der Waals surface area contributed by atoms with Crippen molar-refractivity contribution >= 4 is 15.9 Å². The van der Waals surface area contributed by atoms with E-state index in [0.717, 1.165) is 6.07 Å². The van der Waals surface area contributed by atoms with E-state index in [1.54, 1.807) is 13.0 Å². The van der Waals surface area contributed by atoms with Crippen molar-refractivity contribution in [1.82, 2.24) is 0 Å². The normalized spacial score (nSPS) is 12.8. The van der Waals surface area contributed by atoms with Crippen LogP contribution in [0.15, 0.2) is 22.7 Å². The smallest absolute Gasteiger partial charge is 0.323 e. The zero-order valence-corrected chi connectivity index (χ0v) is 10.7. The Bertz CT molecular complexity index is 457. The summed E-state index contributed by atoms with van der Waals surface area (Å²) in [5, 5.41) is 0. The van der Waals surface area contributed by atoms with Crippen molar-refractivity contribution in [3.63, 3.8) is 0 Å². The Kier molecular flexibility index (Phi) is 4.61. The minimum Gasteiger partial charge on any atom is -0.323 e. The Hall–Kier alpha value is -0.990. The predicted octanol–water partition coefficient (Wildman–Crippen LogP) is 3.88. The molecule has 0 bridgehead atoms. The first-order valence-corrected chi connectivity index (χ1v) is 5.67. The van der Waals surface area contributed by atoms with E-state index >= 15 is 0 Å². The highest BCUT2D eigenvalue weighted by Crippen LogP contribution is 2.36. The molecule has 0 aliphatic heterocycles. The summed E-state index contributed by atoms with van der Waals surface area (Å²) in [5.74, 6) is 5.41. The SMILES string of the molecule is CC#CCC(N)c1ccc(Br)c(C(F)(F)F)c1. The Morgan fingerprint density at radius 3 is 2.59 bits per heavy atom. The molecule has 1 rings (SSSR count). The van der Waals surface area contributed by atoms with Gasteiger partial charge >= 0.3 is 6.18 Å². The Balaban J connectivity index is 3.07. The van der Waals surface area contributed by atoms with E-state index in [0.29, 0.717) is 12.0 Å². The molecule has 1 aromatic rings. The third kappa shape index (κ3) is 3.76. The van der Waals surface area contributed by atoms with Crippen LogP contribution < -0.4 is 5.73 Å². The minimum absolute atomic E-state index is 0.0162. The van der Waals surface area contributed by atoms with E-state index in [2.05, 4.69) is 27.8 Å². The maximum Gasteiger partial charge on any atom is 0.417 e. The van der Waals surface area contributed by atoms with Crippen molar-refractivity contribution in [2.75, 3.05) is 0 Å². The molecule has 1 unspecified atom stereocenters. The van der Waals surface area contributed by atoms with Gasteiger partial charge < -0.3 is 5.73 Å². The second-order valence-corrected chi connectivity index (χ2v) is 4.33. The summed E-state index contributed by atoms with van der Waals surface area (Å²) < 4.78 is 38.0. The van der Waals surface area contributed by atoms with Gasteiger partial charge in [0, 0.05) is 16.9 Å². The molecule has 92 valence electrons. The molecule has 0 amide bonds. The number of hydrogen-bond donors (Lipinski definition) is 1. The first-order chi connectivity index (χ1) is 7.86. The molecule has 0 saturated heterocycles. The third-order valence-electron chi connectivity index (χ3n) is 2.22. The molecule has 0 fully saturated rings. The molecule has 1 aromatic carbocycles. The summed E-state index contributed by atoms with van der Waals surface area (Å²) in [6, 6.07) is 3.49. The van der Waals surface area contributed by atoms with Crippen molar-refractivity contribution in [3.8, 4) is 11.8 Å². The van der Waals surface area contributed by atoms with Crippen molar-refractivity contribution in [2.45, 2.75) is 25.6 Å². The molecule has 0 heterocycles. The summed E-state index contributed by atoms with van der Waals surface area (Å²) in [7, 11) is 0. The van der Waals surface area contributed by atoms with Crippen LogP contribution in [0.5, 0.6) is 0 Å². The van der Waals surface area contributed by atoms with E-state index in [1.165, 1.54) is 6.07 Å². The van der Waals surface area contributed by atoms with Crippen molar-refractivity contribution in [3.05, 3.63) is 33.8 Å². The van der Waals surface area contributed by atoms with Crippen molar-refractivity contribution in [1.29, 1.82) is 0 Å². The van der Waals surface area contributed by atoms with Crippen molar-refractivity contribution < 1.29 is 13.2 Å². The van der Waals surface area contributed by atoms with Gasteiger partial charge in [0.25, 0.3) is 0 Å². The lowest BCUT2D eigenvalue weighted by molar-refractivity contribution is -0.138. The third-order valence-corrected chi connectivity index (χ3v) is 2.91. The summed E-state index contributed by atoms with van der Waals surface area (Å²) >= 11 is 2.88. The quantitative estimate of drug-likeness (QED) is 0.825. The lowest BCUT2D eigenvalue weighted by atomic mass is 10.0. The number of alkyl halides is 3. The van der Waals surface area contributed by atoms with Crippen molar-refractivity contribution in [2.24, 2.45) is 5.73 Å². The second kappa shape index (κ2) is 5.56. The van der Waals surface area contributed by atoms with Gasteiger partial charge in [0.2, 0.25) is 0 Å². The molecule has 5 heteroatoms. The average molecular weight is 306 g/mol. The van der Waals surface area contributed by atoms with E-state index in [4.69, 9.17) is 5.73 Å². The van der Waals surface area contributed by atoms with Crippen LogP contribution in [0.3, 0.4) is 0 Å². The Morgan fingerprint density at radius 1 is 1.41 bits per heavy atom. The molecular weight excluding hydrogens is 295 g/mol. The topological polar surface area (TPSA) is 26.0 Å². The molecule has 0 aliphatic carbocycles. The van der Waals surface area contributed by atoms with Crippen LogP contribution in [0.1, 0.15) is 30.5 Å². The van der Waals surface area contributed by atoms with Gasteiger partial charge in [-0.05, 0) is 24.6 Å². The first kappa shape index (κ1) is 14.1. The molecule has 1 nitrogen and oxygen atoms in total. The number of halogens is 4. The molecular formula is C12H11BrF3N. The summed E-state index contributed by atoms with van der Waals surface area (Å²) in [6.45, 7) is 1.66. The second-order valence-electron chi connectivity index (χ2n) is 3.47. The lowest BCUT2D eigenvalue weighted by Crippen LogP contribution is -2.12. The Labute approximate surface area is 106 Å². The van der Waals surface area contributed by atoms with Gasteiger partial charge in [0.1, 0.15) is 0 Å². The average Bonchev–Trinajstić information content (AvgIpc) is 2.25. The van der Waals surface area contributed by atoms with Gasteiger partial charge in [-0.25, -0.2) is 0 Å². The zero-order chi connectivity index (χ0) is 13.1. The van der Waals surface area contributed by atoms with Crippen LogP contribution in [0.4, 0.5) is 13.2 Å². The van der Waals surface area contributed by atoms with E-state index in [9.17, 15) is 13.2 Å². The van der Waals surface area contributed by atoms with Gasteiger partial charge in [-0.15, -0.1) is 11.8 Å². The molecule has 0 aliphatic rings. The summed E-state index contributed by atoms with van der Waals surface area (Å²) in [6.07, 6.45) is -4.04. The zero-order valence-electron chi connectivity index (χ0n) is 9.11. The molecule has 2 N–H and O–H groups in total. The van der Waals surface area contributed by atoms with Crippen LogP contribution in [0.2, 0.25) is 0 Å². The molecule has 0 radical (unpaired) electrons. The highest BCUT2D eigenvalue weighted by atomic mass is 79.9. The molecule has 17 heavy (non-hydrogen) atoms. The van der Waals surface area contributed by atoms with Gasteiger partial charge in [0.05, 0.1) is 5.56 Å². The maximum absolute atomic E-state index is 12.6. The largest absolute Gasteiger partial charge is 0.417 e. The Morgan fingerprint density at radius 2 is 2.06 bits per heavy atom. The summed E-state index contributed by atoms with van der Waals surface area (Å²) in [4.78, 5) is 0. The van der Waals surface area contributed by atoms with Crippen LogP contribution in [0.25, 0.3) is 0 Å². The lowest BCUT2D eigenvalue weighted by Gasteiger charge is -2.14. The minimum atomic E-state index is -4.38. The highest BCUT2D eigenvalue weighted by Gasteiger charge is 2.33. The standard InChI is InChI=1S/C12H11BrF3N/c1-2-3-4-11(17)8-5-6-10(13)9(7-8)12(14,15)16/h5-7,11H,4,17H2,1H3. The molecule has 1 atom stereocenters. The summed E-state index contributed by atoms with van der Waals surface area (Å²) in [5.41, 5.74) is 5.48. The fourth-order valence-corrected chi connectivity index (χ4v) is 1.79. The highest BCUT2D eigenvalue weighted by molar-refractivity contribution is 9.10. The van der Waals surface area contributed by atoms with E-state index < -0.39 is 17.8 Å². The number of rotatable bonds is 2. The van der Waals surface area contributed by atoms with Gasteiger partial charge in [0.15, 0.2) is 0 Å². The first-order valence-electron chi connectivity index (χ1n) is 4.88. The maximum atomic E-state index is 12.6. The number of nitrogens with two attached hydrogens (primary N) is 1. The molecule has 0 saturated carbocycles. The molecule has 0 aromatic heterocycles. The van der Waals surface area contributed by atoms with Crippen LogP contribution >= 0.6 is 15.9 Å². The fraction of sp³-hybridized carbons (Fsp3) is 0.333. The van der Waals surface area contributed by atoms with E-state index in [1.807, 2.05) is 0 Å². The number of benzene rings is 1. The van der Waals surface area contributed by atoms with Gasteiger partial charge in [-0.1, -0.05) is 22.0 Å². The monoisotopic (exact) mass is 305 g/mol. The predicted molar refractivity (Wildman–Crippen MR) is 64.1 cm³/mol. The number of hydrogen-bond acceptors (Lipinski definition) is 1.